The second kappa shape index (κ2) is 29.6. The Balaban J connectivity index is 1.33. The number of aliphatic imine (C=N–C) groups is 4. The van der Waals surface area contributed by atoms with Crippen molar-refractivity contribution in [1.82, 2.24) is 15.6 Å². The Bertz CT molecular complexity index is 3420. The third-order valence-corrected chi connectivity index (χ3v) is 16.3. The molecule has 8 bridgehead atoms. The average molecular weight is 1200 g/mol. The number of amides is 2. The molecule has 1 aromatic rings. The highest BCUT2D eigenvalue weighted by Crippen LogP contribution is 2.54. The average Bonchev–Trinajstić information content (AvgIpc) is 1.68. The number of amidine groups is 1. The number of carbonyl (C=O) groups excluding carboxylic acids is 7. The van der Waals surface area contributed by atoms with Gasteiger partial charge in [0.15, 0.2) is 11.7 Å². The number of carboxylic acids is 2. The predicted octanol–water partition coefficient (Wildman–Crippen LogP) is 5.25. The Hall–Kier alpha value is -9.35. The smallest absolute Gasteiger partial charge is 0.334 e. The van der Waals surface area contributed by atoms with Crippen molar-refractivity contribution in [2.75, 3.05) is 41.0 Å². The van der Waals surface area contributed by atoms with Crippen LogP contribution in [-0.4, -0.2) is 139 Å². The molecular formula is C63H78N10O14. The first kappa shape index (κ1) is 66.8. The van der Waals surface area contributed by atoms with Crippen LogP contribution in [0, 0.1) is 30.1 Å². The number of nitrogens with zero attached hydrogens (tertiary/aromatic N) is 4. The number of ether oxygens (including phenoxy) is 3. The minimum absolute atomic E-state index is 0.0374. The van der Waals surface area contributed by atoms with E-state index in [9.17, 15) is 53.4 Å². The number of carboxylic acid groups (broad SMARTS) is 2. The molecule has 6 rings (SSSR count). The summed E-state index contributed by atoms with van der Waals surface area (Å²) in [7, 11) is 3.82. The monoisotopic (exact) mass is 1200 g/mol. The number of nitrogens with one attached hydrogen (secondary N) is 3. The maximum Gasteiger partial charge on any atom is 0.334 e. The number of aromatic nitrogens is 1. The van der Waals surface area contributed by atoms with E-state index in [1.807, 2.05) is 52.0 Å². The second-order valence-corrected chi connectivity index (χ2v) is 22.1. The first-order chi connectivity index (χ1) is 41.3. The number of hydrogen-bond acceptors (Lipinski definition) is 16. The van der Waals surface area contributed by atoms with E-state index in [1.165, 1.54) is 21.3 Å². The fourth-order valence-corrected chi connectivity index (χ4v) is 11.5. The van der Waals surface area contributed by atoms with Gasteiger partial charge in [0.25, 0.3) is 0 Å². The Morgan fingerprint density at radius 2 is 1.49 bits per heavy atom. The normalized spacial score (nSPS) is 18.8. The van der Waals surface area contributed by atoms with Gasteiger partial charge < -0.3 is 57.2 Å². The molecule has 0 aromatic carbocycles. The summed E-state index contributed by atoms with van der Waals surface area (Å²) >= 11 is 0. The lowest BCUT2D eigenvalue weighted by Crippen LogP contribution is -2.45. The van der Waals surface area contributed by atoms with Crippen LogP contribution in [0.1, 0.15) is 121 Å². The van der Waals surface area contributed by atoms with Crippen LogP contribution in [0.4, 0.5) is 0 Å². The van der Waals surface area contributed by atoms with E-state index >= 15 is 0 Å². The summed E-state index contributed by atoms with van der Waals surface area (Å²) in [5.41, 5.74) is 26.2. The van der Waals surface area contributed by atoms with Crippen LogP contribution in [0.15, 0.2) is 113 Å². The van der Waals surface area contributed by atoms with Crippen LogP contribution < -0.4 is 27.8 Å². The largest absolute Gasteiger partial charge is 0.481 e. The van der Waals surface area contributed by atoms with Gasteiger partial charge in [0.05, 0.1) is 79.9 Å². The number of allylic oxidation sites excluding steroid dienone is 11. The molecule has 3 aliphatic heterocycles. The van der Waals surface area contributed by atoms with Crippen molar-refractivity contribution in [3.05, 3.63) is 115 Å². The molecule has 5 aliphatic rings. The van der Waals surface area contributed by atoms with Crippen LogP contribution in [0.5, 0.6) is 0 Å². The lowest BCUT2D eigenvalue weighted by atomic mass is 9.63. The van der Waals surface area contributed by atoms with Gasteiger partial charge in [-0.05, 0) is 148 Å². The lowest BCUT2D eigenvalue weighted by Gasteiger charge is -2.37. The zero-order valence-corrected chi connectivity index (χ0v) is 50.5. The molecule has 24 heteroatoms. The fraction of sp³-hybridized carbons (Fsp3) is 0.444. The number of fused-ring (bicyclic) bond motifs is 9. The number of carbonyl (C=O) groups is 9. The SMILES string of the molecule is C=CC1=C(C)C2=NC1=Cc1[nH]c(c(CCC(=O)C[C@@H](CCCN=C(N)N)C(=O)NCC(=O)C[C@@H](CC(=O)O)C(=O)N[C@@H](CCCN=C(C)N)C(=O)O)c1C)C=C1CC(=CC3=NC(=C2)C2=CC=C(C(=O)OC)[C@@H](C(=O)OC)[C@]23C)C(C)=C1CCC(=O)OC. The fourth-order valence-electron chi connectivity index (χ4n) is 11.5. The minimum atomic E-state index is -1.47. The summed E-state index contributed by atoms with van der Waals surface area (Å²) in [5.74, 6) is -10.7. The quantitative estimate of drug-likeness (QED) is 0.0167. The zero-order chi connectivity index (χ0) is 64.0. The molecule has 0 saturated heterocycles. The number of rotatable bonds is 29. The van der Waals surface area contributed by atoms with Crippen molar-refractivity contribution < 1.29 is 67.6 Å². The van der Waals surface area contributed by atoms with Crippen molar-refractivity contribution >= 4 is 88.6 Å². The molecule has 0 radical (unpaired) electrons. The van der Waals surface area contributed by atoms with E-state index in [0.29, 0.717) is 58.5 Å². The minimum Gasteiger partial charge on any atom is -0.481 e. The van der Waals surface area contributed by atoms with E-state index in [0.717, 1.165) is 44.6 Å². The third kappa shape index (κ3) is 16.1. The molecule has 0 spiro atoms. The Kier molecular flexibility index (Phi) is 22.8. The van der Waals surface area contributed by atoms with E-state index in [2.05, 4.69) is 32.2 Å². The standard InChI is InChI=1S/C63H78N10O14/c1-10-42-33(3)49-30-52-46-19-17-45(60(83)86-8)56(61(84)87-9)63(46,6)53(72-52)27-37-23-38(43(32(37)2)18-20-55(78)85-7)26-50-44(34(4)48(70-50)29-51(42)71-49)16-15-40(74)24-36(13-11-22-68-62(65)66)57(79)69-31-41(75)25-39(28-54(76)77)58(80)73-47(59(81)82)14-12-21-67-35(5)64/h10,17,19,26-27,29-30,36,39,47,56,70H,1,11-16,18,20-25,28,31H2,2-9H3,(H2,64,67)(H,69,79)(H,73,80)(H,76,77)(H,81,82)(H4,65,66,68)/t36-,39+,47+,56+,63-/m1/s1. The number of hydrogen-bond donors (Lipinski definition) is 8. The molecule has 2 amide bonds. The first-order valence-electron chi connectivity index (χ1n) is 28.6. The molecule has 11 N–H and O–H groups in total. The molecule has 4 heterocycles. The Morgan fingerprint density at radius 1 is 0.793 bits per heavy atom. The van der Waals surface area contributed by atoms with Gasteiger partial charge in [-0.1, -0.05) is 24.8 Å². The van der Waals surface area contributed by atoms with Crippen LogP contribution in [0.3, 0.4) is 0 Å². The van der Waals surface area contributed by atoms with Gasteiger partial charge in [0.2, 0.25) is 11.8 Å². The summed E-state index contributed by atoms with van der Waals surface area (Å²) in [6.07, 6.45) is 12.5. The molecule has 24 nitrogen and oxygen atoms in total. The van der Waals surface area contributed by atoms with Gasteiger partial charge >= 0.3 is 29.8 Å². The van der Waals surface area contributed by atoms with E-state index < -0.39 is 96.0 Å². The van der Waals surface area contributed by atoms with E-state index in [4.69, 9.17) is 41.4 Å². The number of nitrogens with two attached hydrogens (primary N) is 3. The molecule has 1 aromatic heterocycles. The van der Waals surface area contributed by atoms with Crippen LogP contribution in [0.2, 0.25) is 0 Å². The van der Waals surface area contributed by atoms with E-state index in [1.54, 1.807) is 25.2 Å². The highest BCUT2D eigenvalue weighted by atomic mass is 16.5. The Labute approximate surface area is 504 Å². The molecular weight excluding hydrogens is 1120 g/mol. The number of guanidine groups is 1. The third-order valence-electron chi connectivity index (χ3n) is 16.3. The number of esters is 3. The second-order valence-electron chi connectivity index (χ2n) is 22.1. The van der Waals surface area contributed by atoms with Crippen LogP contribution in [0.25, 0.3) is 12.2 Å². The number of aromatic amines is 1. The van der Waals surface area contributed by atoms with Crippen LogP contribution >= 0.6 is 0 Å². The molecule has 5 atom stereocenters. The lowest BCUT2D eigenvalue weighted by molar-refractivity contribution is -0.149. The van der Waals surface area contributed by atoms with Crippen molar-refractivity contribution in [2.45, 2.75) is 118 Å². The summed E-state index contributed by atoms with van der Waals surface area (Å²) in [6.45, 7) is 13.0. The van der Waals surface area contributed by atoms with Crippen molar-refractivity contribution in [2.24, 2.45) is 60.3 Å². The predicted molar refractivity (Wildman–Crippen MR) is 326 cm³/mol. The van der Waals surface area contributed by atoms with Crippen molar-refractivity contribution in [3.63, 3.8) is 0 Å². The molecule has 0 fully saturated rings. The van der Waals surface area contributed by atoms with E-state index in [-0.39, 0.29) is 81.8 Å². The maximum absolute atomic E-state index is 14.3. The number of aliphatic carboxylic acids is 2. The number of methoxy groups -OCH3 is 3. The summed E-state index contributed by atoms with van der Waals surface area (Å²) in [4.78, 5) is 141. The molecule has 2 aliphatic carbocycles. The summed E-state index contributed by atoms with van der Waals surface area (Å²) < 4.78 is 15.6. The van der Waals surface area contributed by atoms with Gasteiger partial charge in [0, 0.05) is 61.7 Å². The topological polar surface area (TPSA) is 389 Å². The summed E-state index contributed by atoms with van der Waals surface area (Å²) in [6, 6.07) is -1.40. The molecule has 0 unspecified atom stereocenters. The van der Waals surface area contributed by atoms with Gasteiger partial charge in [-0.25, -0.2) is 14.6 Å². The zero-order valence-electron chi connectivity index (χ0n) is 50.5. The highest BCUT2D eigenvalue weighted by Gasteiger charge is 2.55. The molecule has 87 heavy (non-hydrogen) atoms. The van der Waals surface area contributed by atoms with Crippen molar-refractivity contribution in [3.8, 4) is 0 Å². The Morgan fingerprint density at radius 3 is 2.14 bits per heavy atom. The molecule has 0 saturated carbocycles. The molecule has 464 valence electrons. The highest BCUT2D eigenvalue weighted by molar-refractivity contribution is 6.17. The maximum atomic E-state index is 14.3. The van der Waals surface area contributed by atoms with Gasteiger partial charge in [0.1, 0.15) is 17.7 Å². The van der Waals surface area contributed by atoms with Crippen LogP contribution in [-0.2, 0) is 63.8 Å². The first-order valence-corrected chi connectivity index (χ1v) is 28.6. The van der Waals surface area contributed by atoms with Gasteiger partial charge in [-0.15, -0.1) is 0 Å². The van der Waals surface area contributed by atoms with Gasteiger partial charge in [-0.3, -0.25) is 48.5 Å². The van der Waals surface area contributed by atoms with Crippen molar-refractivity contribution in [1.29, 1.82) is 0 Å². The summed E-state index contributed by atoms with van der Waals surface area (Å²) in [5, 5.41) is 24.3. The van der Waals surface area contributed by atoms with Gasteiger partial charge in [-0.2, -0.15) is 0 Å². The number of ketones is 2. The number of H-pyrrole nitrogens is 1. The number of Topliss-reactive ketones (excluding diaryl/α,β-unsaturated/α-hetero) is 2.